The van der Waals surface area contributed by atoms with E-state index in [4.69, 9.17) is 0 Å². The van der Waals surface area contributed by atoms with Crippen LogP contribution in [0.4, 0.5) is 34.1 Å². The van der Waals surface area contributed by atoms with E-state index in [0.29, 0.717) is 0 Å². The largest absolute Gasteiger partial charge is 0.311 e. The molecule has 0 saturated heterocycles. The molecule has 0 radical (unpaired) electrons. The number of rotatable bonds is 6. The van der Waals surface area contributed by atoms with Crippen molar-refractivity contribution in [3.05, 3.63) is 368 Å². The van der Waals surface area contributed by atoms with E-state index in [0.717, 1.165) is 67.6 Å². The Hall–Kier alpha value is -11.5. The third-order valence-electron chi connectivity index (χ3n) is 18.4. The zero-order valence-corrected chi connectivity index (χ0v) is 48.3. The number of hydrogen-bond acceptors (Lipinski definition) is 2. The fourth-order valence-corrected chi connectivity index (χ4v) is 14.4. The molecule has 3 nitrogen and oxygen atoms in total. The van der Waals surface area contributed by atoms with Crippen LogP contribution >= 0.6 is 0 Å². The molecular weight excluding hydrogens is 1060 g/mol. The van der Waals surface area contributed by atoms with Crippen molar-refractivity contribution in [1.82, 2.24) is 4.57 Å². The Morgan fingerprint density at radius 3 is 1.03 bits per heavy atom. The summed E-state index contributed by atoms with van der Waals surface area (Å²) in [4.78, 5) is 4.81. The first-order valence-corrected chi connectivity index (χ1v) is 30.4. The molecule has 88 heavy (non-hydrogen) atoms. The summed E-state index contributed by atoms with van der Waals surface area (Å²) in [6.45, 7) is 0. The Balaban J connectivity index is 0.784. The van der Waals surface area contributed by atoms with E-state index in [1.54, 1.807) is 0 Å². The zero-order chi connectivity index (χ0) is 58.1. The number of hydrogen-bond donors (Lipinski definition) is 0. The average molecular weight is 1120 g/mol. The summed E-state index contributed by atoms with van der Waals surface area (Å²) in [6, 6.07) is 128. The molecular formula is C85H57N3. The van der Waals surface area contributed by atoms with Crippen LogP contribution < -0.4 is 9.80 Å². The molecule has 0 amide bonds. The van der Waals surface area contributed by atoms with E-state index in [1.165, 1.54) is 83.0 Å². The predicted molar refractivity (Wildman–Crippen MR) is 368 cm³/mol. The molecule has 1 aromatic heterocycles. The first-order chi connectivity index (χ1) is 43.6. The number of nitrogens with zero attached hydrogens (tertiary/aromatic N) is 3. The first kappa shape index (κ1) is 50.9. The van der Waals surface area contributed by atoms with Crippen LogP contribution in [0.3, 0.4) is 0 Å². The van der Waals surface area contributed by atoms with Gasteiger partial charge in [0.2, 0.25) is 0 Å². The van der Waals surface area contributed by atoms with Gasteiger partial charge < -0.3 is 14.4 Å². The van der Waals surface area contributed by atoms with Gasteiger partial charge in [0.05, 0.1) is 16.4 Å². The summed E-state index contributed by atoms with van der Waals surface area (Å²) in [6.07, 6.45) is 0. The van der Waals surface area contributed by atoms with Crippen molar-refractivity contribution in [2.45, 2.75) is 5.41 Å². The van der Waals surface area contributed by atoms with E-state index in [-0.39, 0.29) is 0 Å². The number of para-hydroxylation sites is 2. The summed E-state index contributed by atoms with van der Waals surface area (Å²) in [5.41, 5.74) is 28.7. The molecule has 8 heterocycles. The monoisotopic (exact) mass is 1120 g/mol. The van der Waals surface area contributed by atoms with Crippen LogP contribution in [0.25, 0.3) is 94.3 Å². The quantitative estimate of drug-likeness (QED) is 0.164. The minimum Gasteiger partial charge on any atom is -0.311 e. The van der Waals surface area contributed by atoms with Gasteiger partial charge in [-0.05, 0) is 192 Å². The Bertz CT molecular complexity index is 4910. The van der Waals surface area contributed by atoms with Gasteiger partial charge in [-0.1, -0.05) is 243 Å². The number of anilines is 6. The van der Waals surface area contributed by atoms with Gasteiger partial charge in [0.25, 0.3) is 0 Å². The SMILES string of the molecule is c1ccc(-n2c3ccccc3c3cc(-c4ccc(N5c6ccc(cc6)-c6ccccc6-c6ccc(cc6)N(c6ccc7c(c6)C(c6ccccc6)(c6ccccc6)c6ccccc6-7)c6ccc(cc6)-c6ccccc6-c6ccc5cc6)cc4)ccc32)cc1. The smallest absolute Gasteiger partial charge is 0.0714 e. The summed E-state index contributed by atoms with van der Waals surface area (Å²) in [5, 5.41) is 2.48. The van der Waals surface area contributed by atoms with Crippen LogP contribution in [0.5, 0.6) is 0 Å². The molecule has 15 aromatic rings. The van der Waals surface area contributed by atoms with Crippen molar-refractivity contribution in [3.8, 4) is 72.4 Å². The van der Waals surface area contributed by atoms with Gasteiger partial charge in [0.15, 0.2) is 0 Å². The van der Waals surface area contributed by atoms with Crippen molar-refractivity contribution in [3.63, 3.8) is 0 Å². The molecule has 0 fully saturated rings. The van der Waals surface area contributed by atoms with Gasteiger partial charge in [0, 0.05) is 50.6 Å². The molecule has 0 N–H and O–H groups in total. The highest BCUT2D eigenvalue weighted by atomic mass is 15.1. The van der Waals surface area contributed by atoms with Crippen molar-refractivity contribution in [2.24, 2.45) is 0 Å². The fraction of sp³-hybridized carbons (Fsp3) is 0.0118. The number of fused-ring (bicyclic) bond motifs is 6. The molecule has 0 unspecified atom stereocenters. The second-order valence-corrected chi connectivity index (χ2v) is 23.2. The van der Waals surface area contributed by atoms with Crippen molar-refractivity contribution < 1.29 is 0 Å². The van der Waals surface area contributed by atoms with Crippen molar-refractivity contribution in [2.75, 3.05) is 9.80 Å². The lowest BCUT2D eigenvalue weighted by molar-refractivity contribution is 0.768. The minimum absolute atomic E-state index is 0.539. The van der Waals surface area contributed by atoms with Crippen molar-refractivity contribution >= 4 is 55.9 Å². The van der Waals surface area contributed by atoms with E-state index < -0.39 is 5.41 Å². The third kappa shape index (κ3) is 8.27. The fourth-order valence-electron chi connectivity index (χ4n) is 14.4. The van der Waals surface area contributed by atoms with E-state index in [1.807, 2.05) is 0 Å². The minimum atomic E-state index is -0.539. The highest BCUT2D eigenvalue weighted by Crippen LogP contribution is 2.57. The molecule has 0 spiro atoms. The maximum Gasteiger partial charge on any atom is 0.0714 e. The van der Waals surface area contributed by atoms with E-state index in [2.05, 4.69) is 360 Å². The van der Waals surface area contributed by atoms with E-state index in [9.17, 15) is 0 Å². The summed E-state index contributed by atoms with van der Waals surface area (Å²) in [7, 11) is 0. The maximum absolute atomic E-state index is 2.46. The molecule has 7 aliphatic heterocycles. The zero-order valence-electron chi connectivity index (χ0n) is 48.3. The maximum atomic E-state index is 2.46. The van der Waals surface area contributed by atoms with Gasteiger partial charge >= 0.3 is 0 Å². The van der Waals surface area contributed by atoms with Gasteiger partial charge in [0.1, 0.15) is 0 Å². The number of aromatic nitrogens is 1. The molecule has 14 aromatic carbocycles. The Labute approximate surface area is 513 Å². The summed E-state index contributed by atoms with van der Waals surface area (Å²) in [5.74, 6) is 0. The Morgan fingerprint density at radius 1 is 0.193 bits per heavy atom. The summed E-state index contributed by atoms with van der Waals surface area (Å²) >= 11 is 0. The van der Waals surface area contributed by atoms with Gasteiger partial charge in [-0.25, -0.2) is 0 Å². The second kappa shape index (κ2) is 20.9. The average Bonchev–Trinajstić information content (AvgIpc) is 1.57. The molecule has 3 heteroatoms. The highest BCUT2D eigenvalue weighted by Gasteiger charge is 2.46. The van der Waals surface area contributed by atoms with Gasteiger partial charge in [-0.2, -0.15) is 0 Å². The normalized spacial score (nSPS) is 12.8. The lowest BCUT2D eigenvalue weighted by Gasteiger charge is -2.35. The van der Waals surface area contributed by atoms with Crippen LogP contribution in [0.2, 0.25) is 0 Å². The van der Waals surface area contributed by atoms with Crippen LogP contribution in [-0.4, -0.2) is 4.57 Å². The number of benzene rings is 14. The third-order valence-corrected chi connectivity index (χ3v) is 18.4. The summed E-state index contributed by atoms with van der Waals surface area (Å²) < 4.78 is 2.37. The van der Waals surface area contributed by atoms with Gasteiger partial charge in [-0.3, -0.25) is 0 Å². The predicted octanol–water partition coefficient (Wildman–Crippen LogP) is 22.7. The lowest BCUT2D eigenvalue weighted by Crippen LogP contribution is -2.28. The molecule has 8 bridgehead atoms. The Kier molecular flexibility index (Phi) is 12.1. The topological polar surface area (TPSA) is 11.4 Å². The molecule has 8 aliphatic rings. The van der Waals surface area contributed by atoms with Crippen LogP contribution in [0.1, 0.15) is 22.3 Å². The lowest BCUT2D eigenvalue weighted by atomic mass is 9.67. The molecule has 23 rings (SSSR count). The molecule has 0 saturated carbocycles. The standard InChI is InChI=1S/C85H57N3/c1-4-18-64(19-5-1)85(65-20-6-2-7-21-65)81-30-16-14-28-77(81)78-54-53-72(57-82(78)85)87-70-49-38-61(39-50-70)75-26-12-10-24-73(75)59-34-45-68(46-35-59)86(69-47-36-60(37-48-69)74-25-11-13-27-76(74)62-40-51-71(87)52-41-62)67-43-32-58(33-44-67)63-42-55-84-80(56-63)79-29-15-17-31-83(79)88(84)66-22-8-3-9-23-66/h1-57H. The molecule has 0 atom stereocenters. The van der Waals surface area contributed by atoms with Crippen LogP contribution in [-0.2, 0) is 5.41 Å². The van der Waals surface area contributed by atoms with Crippen LogP contribution in [0.15, 0.2) is 346 Å². The van der Waals surface area contributed by atoms with Crippen LogP contribution in [0, 0.1) is 0 Å². The highest BCUT2D eigenvalue weighted by molar-refractivity contribution is 6.10. The first-order valence-electron chi connectivity index (χ1n) is 30.4. The molecule has 412 valence electrons. The second-order valence-electron chi connectivity index (χ2n) is 23.2. The van der Waals surface area contributed by atoms with Gasteiger partial charge in [-0.15, -0.1) is 0 Å². The molecule has 1 aliphatic carbocycles. The van der Waals surface area contributed by atoms with E-state index >= 15 is 0 Å². The Morgan fingerprint density at radius 2 is 0.545 bits per heavy atom. The van der Waals surface area contributed by atoms with Crippen molar-refractivity contribution in [1.29, 1.82) is 0 Å².